The lowest BCUT2D eigenvalue weighted by Gasteiger charge is -2.11. The summed E-state index contributed by atoms with van der Waals surface area (Å²) < 4.78 is 15.7. The molecule has 0 radical (unpaired) electrons. The van der Waals surface area contributed by atoms with Crippen LogP contribution in [0.4, 0.5) is 16.0 Å². The summed E-state index contributed by atoms with van der Waals surface area (Å²) in [5, 5.41) is 3.18. The standard InChI is InChI=1S/C13H13BrFN3/c1-3-5-18-6-4-16-13(18)17-12-8-10(14)11(15)7-9(12)2/h3-4,6-8H,1,5H2,2H3,(H,16,17). The first kappa shape index (κ1) is 12.8. The Morgan fingerprint density at radius 3 is 3.06 bits per heavy atom. The van der Waals surface area contributed by atoms with E-state index in [1.807, 2.05) is 17.7 Å². The molecule has 0 bridgehead atoms. The molecule has 1 heterocycles. The van der Waals surface area contributed by atoms with Crippen LogP contribution in [0.25, 0.3) is 0 Å². The second-order valence-corrected chi connectivity index (χ2v) is 4.75. The smallest absolute Gasteiger partial charge is 0.207 e. The highest BCUT2D eigenvalue weighted by atomic mass is 79.9. The molecule has 1 N–H and O–H groups in total. The topological polar surface area (TPSA) is 29.9 Å². The monoisotopic (exact) mass is 309 g/mol. The Morgan fingerprint density at radius 2 is 2.33 bits per heavy atom. The molecule has 2 rings (SSSR count). The van der Waals surface area contributed by atoms with Crippen LogP contribution in [-0.2, 0) is 6.54 Å². The molecule has 0 saturated carbocycles. The van der Waals surface area contributed by atoms with Gasteiger partial charge in [-0.25, -0.2) is 9.37 Å². The summed E-state index contributed by atoms with van der Waals surface area (Å²) in [5.74, 6) is 0.434. The Kier molecular flexibility index (Phi) is 3.81. The summed E-state index contributed by atoms with van der Waals surface area (Å²) in [6, 6.07) is 3.19. The summed E-state index contributed by atoms with van der Waals surface area (Å²) >= 11 is 3.18. The third-order valence-electron chi connectivity index (χ3n) is 2.56. The maximum atomic E-state index is 13.3. The van der Waals surface area contributed by atoms with E-state index in [0.717, 1.165) is 11.3 Å². The van der Waals surface area contributed by atoms with Crippen molar-refractivity contribution in [3.63, 3.8) is 0 Å². The summed E-state index contributed by atoms with van der Waals surface area (Å²) in [4.78, 5) is 4.22. The Morgan fingerprint density at radius 1 is 1.56 bits per heavy atom. The third-order valence-corrected chi connectivity index (χ3v) is 3.16. The van der Waals surface area contributed by atoms with E-state index in [9.17, 15) is 4.39 Å². The van der Waals surface area contributed by atoms with Gasteiger partial charge < -0.3 is 9.88 Å². The minimum absolute atomic E-state index is 0.271. The fraction of sp³-hybridized carbons (Fsp3) is 0.154. The molecule has 18 heavy (non-hydrogen) atoms. The van der Waals surface area contributed by atoms with Crippen molar-refractivity contribution < 1.29 is 4.39 Å². The van der Waals surface area contributed by atoms with Gasteiger partial charge in [0, 0.05) is 24.6 Å². The van der Waals surface area contributed by atoms with E-state index in [2.05, 4.69) is 32.8 Å². The van der Waals surface area contributed by atoms with Gasteiger partial charge in [0.2, 0.25) is 5.95 Å². The molecule has 2 aromatic rings. The van der Waals surface area contributed by atoms with Crippen LogP contribution < -0.4 is 5.32 Å². The van der Waals surface area contributed by atoms with E-state index in [-0.39, 0.29) is 5.82 Å². The van der Waals surface area contributed by atoms with Crippen LogP contribution in [-0.4, -0.2) is 9.55 Å². The van der Waals surface area contributed by atoms with Gasteiger partial charge >= 0.3 is 0 Å². The lowest BCUT2D eigenvalue weighted by molar-refractivity contribution is 0.620. The average Bonchev–Trinajstić information content (AvgIpc) is 2.74. The fourth-order valence-electron chi connectivity index (χ4n) is 1.62. The third kappa shape index (κ3) is 2.61. The molecule has 0 atom stereocenters. The van der Waals surface area contributed by atoms with Gasteiger partial charge in [0.1, 0.15) is 5.82 Å². The lowest BCUT2D eigenvalue weighted by Crippen LogP contribution is -2.03. The van der Waals surface area contributed by atoms with E-state index in [4.69, 9.17) is 0 Å². The van der Waals surface area contributed by atoms with Gasteiger partial charge in [-0.05, 0) is 40.5 Å². The van der Waals surface area contributed by atoms with Crippen molar-refractivity contribution in [2.75, 3.05) is 5.32 Å². The number of allylic oxidation sites excluding steroid dienone is 1. The first-order valence-corrected chi connectivity index (χ1v) is 6.26. The quantitative estimate of drug-likeness (QED) is 0.864. The molecular formula is C13H13BrFN3. The second kappa shape index (κ2) is 5.35. The van der Waals surface area contributed by atoms with Crippen molar-refractivity contribution >= 4 is 27.6 Å². The Labute approximate surface area is 113 Å². The minimum atomic E-state index is -0.271. The van der Waals surface area contributed by atoms with E-state index in [1.165, 1.54) is 6.07 Å². The van der Waals surface area contributed by atoms with Crippen molar-refractivity contribution in [3.05, 3.63) is 53.0 Å². The van der Waals surface area contributed by atoms with Gasteiger partial charge in [-0.3, -0.25) is 0 Å². The summed E-state index contributed by atoms with van der Waals surface area (Å²) in [6.45, 7) is 6.21. The number of nitrogens with zero attached hydrogens (tertiary/aromatic N) is 2. The van der Waals surface area contributed by atoms with Gasteiger partial charge in [0.05, 0.1) is 4.47 Å². The molecule has 1 aromatic heterocycles. The zero-order valence-corrected chi connectivity index (χ0v) is 11.5. The molecule has 0 spiro atoms. The number of nitrogens with one attached hydrogen (secondary N) is 1. The van der Waals surface area contributed by atoms with Crippen molar-refractivity contribution in [1.82, 2.24) is 9.55 Å². The van der Waals surface area contributed by atoms with Crippen molar-refractivity contribution in [3.8, 4) is 0 Å². The molecule has 0 aliphatic rings. The van der Waals surface area contributed by atoms with Gasteiger partial charge in [-0.1, -0.05) is 6.08 Å². The normalized spacial score (nSPS) is 10.4. The van der Waals surface area contributed by atoms with E-state index < -0.39 is 0 Å². The van der Waals surface area contributed by atoms with Crippen LogP contribution in [0.15, 0.2) is 41.7 Å². The average molecular weight is 310 g/mol. The highest BCUT2D eigenvalue weighted by molar-refractivity contribution is 9.10. The van der Waals surface area contributed by atoms with Crippen LogP contribution >= 0.6 is 15.9 Å². The number of aromatic nitrogens is 2. The van der Waals surface area contributed by atoms with E-state index >= 15 is 0 Å². The molecule has 94 valence electrons. The van der Waals surface area contributed by atoms with Crippen molar-refractivity contribution in [1.29, 1.82) is 0 Å². The number of rotatable bonds is 4. The van der Waals surface area contributed by atoms with Crippen LogP contribution in [0.1, 0.15) is 5.56 Å². The van der Waals surface area contributed by atoms with Crippen LogP contribution in [0.3, 0.4) is 0 Å². The molecule has 0 amide bonds. The Hall–Kier alpha value is -1.62. The largest absolute Gasteiger partial charge is 0.325 e. The molecule has 5 heteroatoms. The lowest BCUT2D eigenvalue weighted by atomic mass is 10.2. The first-order valence-electron chi connectivity index (χ1n) is 5.46. The molecule has 3 nitrogen and oxygen atoms in total. The van der Waals surface area contributed by atoms with Crippen LogP contribution in [0.5, 0.6) is 0 Å². The van der Waals surface area contributed by atoms with Crippen molar-refractivity contribution in [2.45, 2.75) is 13.5 Å². The van der Waals surface area contributed by atoms with Gasteiger partial charge in [0.25, 0.3) is 0 Å². The second-order valence-electron chi connectivity index (χ2n) is 3.90. The van der Waals surface area contributed by atoms with E-state index in [1.54, 1.807) is 18.3 Å². The van der Waals surface area contributed by atoms with E-state index in [0.29, 0.717) is 17.0 Å². The number of benzene rings is 1. The van der Waals surface area contributed by atoms with Crippen LogP contribution in [0, 0.1) is 12.7 Å². The number of hydrogen-bond acceptors (Lipinski definition) is 2. The molecule has 0 aliphatic carbocycles. The number of aryl methyl sites for hydroxylation is 1. The maximum Gasteiger partial charge on any atom is 0.207 e. The summed E-state index contributed by atoms with van der Waals surface area (Å²) in [5.41, 5.74) is 1.64. The SMILES string of the molecule is C=CCn1ccnc1Nc1cc(Br)c(F)cc1C. The first-order chi connectivity index (χ1) is 8.61. The molecule has 0 saturated heterocycles. The fourth-order valence-corrected chi connectivity index (χ4v) is 1.96. The zero-order chi connectivity index (χ0) is 13.1. The number of halogens is 2. The van der Waals surface area contributed by atoms with Crippen molar-refractivity contribution in [2.24, 2.45) is 0 Å². The molecule has 0 fully saturated rings. The predicted molar refractivity (Wildman–Crippen MR) is 74.5 cm³/mol. The highest BCUT2D eigenvalue weighted by Gasteiger charge is 2.08. The van der Waals surface area contributed by atoms with Gasteiger partial charge in [-0.15, -0.1) is 6.58 Å². The number of anilines is 2. The molecule has 1 aromatic carbocycles. The molecule has 0 unspecified atom stereocenters. The van der Waals surface area contributed by atoms with Gasteiger partial charge in [0.15, 0.2) is 0 Å². The maximum absolute atomic E-state index is 13.3. The molecular weight excluding hydrogens is 297 g/mol. The minimum Gasteiger partial charge on any atom is -0.325 e. The number of imidazole rings is 1. The van der Waals surface area contributed by atoms with Crippen LogP contribution in [0.2, 0.25) is 0 Å². The Bertz CT molecular complexity index is 578. The summed E-state index contributed by atoms with van der Waals surface area (Å²) in [7, 11) is 0. The number of hydrogen-bond donors (Lipinski definition) is 1. The van der Waals surface area contributed by atoms with Gasteiger partial charge in [-0.2, -0.15) is 0 Å². The highest BCUT2D eigenvalue weighted by Crippen LogP contribution is 2.26. The Balaban J connectivity index is 2.31. The molecule has 0 aliphatic heterocycles. The zero-order valence-electron chi connectivity index (χ0n) is 9.95. The summed E-state index contributed by atoms with van der Waals surface area (Å²) in [6.07, 6.45) is 5.36. The predicted octanol–water partition coefficient (Wildman–Crippen LogP) is 4.02.